The van der Waals surface area contributed by atoms with E-state index < -0.39 is 0 Å². The number of nitrogens with one attached hydrogen (secondary N) is 1. The van der Waals surface area contributed by atoms with E-state index in [4.69, 9.17) is 9.15 Å². The Morgan fingerprint density at radius 2 is 2.15 bits per heavy atom. The van der Waals surface area contributed by atoms with Crippen molar-refractivity contribution in [1.29, 1.82) is 0 Å². The Hall–Kier alpha value is -2.93. The molecule has 0 radical (unpaired) electrons. The number of furan rings is 1. The molecule has 0 atom stereocenters. The van der Waals surface area contributed by atoms with E-state index >= 15 is 0 Å². The van der Waals surface area contributed by atoms with Crippen LogP contribution in [0.25, 0.3) is 11.5 Å². The monoisotopic (exact) mass is 355 g/mol. The van der Waals surface area contributed by atoms with Crippen molar-refractivity contribution in [1.82, 2.24) is 15.1 Å². The molecule has 0 saturated carbocycles. The maximum Gasteiger partial charge on any atom is 0.274 e. The normalized spacial score (nSPS) is 14.5. The third-order valence-corrected chi connectivity index (χ3v) is 4.37. The lowest BCUT2D eigenvalue weighted by molar-refractivity contribution is -0.0511. The molecule has 1 aliphatic heterocycles. The number of halogens is 1. The number of nitrogens with zero attached hydrogens (tertiary/aromatic N) is 2. The lowest BCUT2D eigenvalue weighted by Crippen LogP contribution is -2.54. The molecule has 1 aliphatic rings. The number of amides is 1. The van der Waals surface area contributed by atoms with Crippen molar-refractivity contribution in [2.45, 2.75) is 19.6 Å². The van der Waals surface area contributed by atoms with Crippen LogP contribution in [0, 0.1) is 12.7 Å². The molecule has 7 heteroatoms. The van der Waals surface area contributed by atoms with Crippen LogP contribution in [0.2, 0.25) is 0 Å². The average Bonchev–Trinajstić information content (AvgIpc) is 3.23. The smallest absolute Gasteiger partial charge is 0.274 e. The van der Waals surface area contributed by atoms with Gasteiger partial charge in [-0.2, -0.15) is 5.10 Å². The Morgan fingerprint density at radius 1 is 1.35 bits per heavy atom. The molecule has 3 aromatic rings. The van der Waals surface area contributed by atoms with Gasteiger partial charge in [0.1, 0.15) is 17.3 Å². The standard InChI is InChI=1S/C19H18FN3O3/c1-12-6-7-18(26-12)16-8-17(22-21-16)19(24)23-9-14(10-23)25-11-13-4-2-3-5-15(13)20/h2-8,14H,9-11H2,1H3,(H,21,22). The molecule has 1 fully saturated rings. The SMILES string of the molecule is Cc1ccc(-c2cc(C(=O)N3CC(OCc4ccccc4F)C3)n[nH]2)o1. The summed E-state index contributed by atoms with van der Waals surface area (Å²) in [5, 5.41) is 6.89. The van der Waals surface area contributed by atoms with Gasteiger partial charge < -0.3 is 14.1 Å². The molecular weight excluding hydrogens is 337 g/mol. The Morgan fingerprint density at radius 3 is 2.88 bits per heavy atom. The number of carbonyl (C=O) groups excluding carboxylic acids is 1. The number of carbonyl (C=O) groups is 1. The van der Waals surface area contributed by atoms with Crippen LogP contribution >= 0.6 is 0 Å². The Balaban J connectivity index is 1.31. The van der Waals surface area contributed by atoms with Crippen LogP contribution in [0.5, 0.6) is 0 Å². The van der Waals surface area contributed by atoms with Gasteiger partial charge in [-0.15, -0.1) is 0 Å². The number of rotatable bonds is 5. The number of H-pyrrole nitrogens is 1. The molecule has 1 aromatic carbocycles. The largest absolute Gasteiger partial charge is 0.460 e. The highest BCUT2D eigenvalue weighted by Gasteiger charge is 2.33. The Labute approximate surface area is 149 Å². The van der Waals surface area contributed by atoms with Crippen LogP contribution in [0.1, 0.15) is 21.8 Å². The highest BCUT2D eigenvalue weighted by atomic mass is 19.1. The van der Waals surface area contributed by atoms with E-state index in [1.807, 2.05) is 19.1 Å². The maximum atomic E-state index is 13.6. The van der Waals surface area contributed by atoms with Crippen molar-refractivity contribution < 1.29 is 18.3 Å². The number of ether oxygens (including phenoxy) is 1. The van der Waals surface area contributed by atoms with Crippen LogP contribution in [0.15, 0.2) is 46.9 Å². The van der Waals surface area contributed by atoms with E-state index in [1.54, 1.807) is 29.2 Å². The lowest BCUT2D eigenvalue weighted by Gasteiger charge is -2.38. The second-order valence-corrected chi connectivity index (χ2v) is 6.31. The first kappa shape index (κ1) is 16.5. The Kier molecular flexibility index (Phi) is 4.30. The summed E-state index contributed by atoms with van der Waals surface area (Å²) in [5.74, 6) is 0.988. The highest BCUT2D eigenvalue weighted by Crippen LogP contribution is 2.22. The van der Waals surface area contributed by atoms with Gasteiger partial charge in [0.05, 0.1) is 12.7 Å². The predicted molar refractivity (Wildman–Crippen MR) is 91.9 cm³/mol. The first-order chi connectivity index (χ1) is 12.6. The summed E-state index contributed by atoms with van der Waals surface area (Å²) in [5.41, 5.74) is 1.51. The third-order valence-electron chi connectivity index (χ3n) is 4.37. The minimum atomic E-state index is -0.281. The van der Waals surface area contributed by atoms with E-state index in [0.717, 1.165) is 5.76 Å². The van der Waals surface area contributed by atoms with E-state index in [9.17, 15) is 9.18 Å². The molecule has 134 valence electrons. The topological polar surface area (TPSA) is 71.4 Å². The zero-order valence-corrected chi connectivity index (χ0v) is 14.2. The van der Waals surface area contributed by atoms with E-state index in [1.165, 1.54) is 6.07 Å². The van der Waals surface area contributed by atoms with Crippen molar-refractivity contribution in [2.75, 3.05) is 13.1 Å². The second-order valence-electron chi connectivity index (χ2n) is 6.31. The minimum absolute atomic E-state index is 0.0929. The van der Waals surface area contributed by atoms with E-state index in [-0.39, 0.29) is 24.4 Å². The summed E-state index contributed by atoms with van der Waals surface area (Å²) in [6.45, 7) is 2.99. The predicted octanol–water partition coefficient (Wildman–Crippen LogP) is 3.16. The number of aromatic nitrogens is 2. The molecule has 1 amide bonds. The van der Waals surface area contributed by atoms with Crippen LogP contribution in [-0.4, -0.2) is 40.2 Å². The van der Waals surface area contributed by atoms with Gasteiger partial charge in [0.25, 0.3) is 5.91 Å². The molecule has 2 aromatic heterocycles. The van der Waals surface area contributed by atoms with Gasteiger partial charge in [0.15, 0.2) is 11.5 Å². The van der Waals surface area contributed by atoms with Gasteiger partial charge in [0.2, 0.25) is 0 Å². The van der Waals surface area contributed by atoms with E-state index in [2.05, 4.69) is 10.2 Å². The number of aromatic amines is 1. The molecule has 1 saturated heterocycles. The summed E-state index contributed by atoms with van der Waals surface area (Å²) in [7, 11) is 0. The number of hydrogen-bond donors (Lipinski definition) is 1. The van der Waals surface area contributed by atoms with Crippen molar-refractivity contribution in [3.05, 3.63) is 65.3 Å². The van der Waals surface area contributed by atoms with Crippen molar-refractivity contribution in [2.24, 2.45) is 0 Å². The lowest BCUT2D eigenvalue weighted by atomic mass is 10.1. The average molecular weight is 355 g/mol. The zero-order valence-electron chi connectivity index (χ0n) is 14.2. The van der Waals surface area contributed by atoms with Crippen molar-refractivity contribution in [3.63, 3.8) is 0 Å². The molecule has 26 heavy (non-hydrogen) atoms. The summed E-state index contributed by atoms with van der Waals surface area (Å²) in [6.07, 6.45) is -0.0929. The van der Waals surface area contributed by atoms with Gasteiger partial charge in [0, 0.05) is 24.7 Å². The quantitative estimate of drug-likeness (QED) is 0.763. The summed E-state index contributed by atoms with van der Waals surface area (Å²) < 4.78 is 24.7. The number of aryl methyl sites for hydroxylation is 1. The first-order valence-corrected chi connectivity index (χ1v) is 8.36. The van der Waals surface area contributed by atoms with Gasteiger partial charge in [-0.1, -0.05) is 18.2 Å². The molecule has 0 spiro atoms. The second kappa shape index (κ2) is 6.76. The third kappa shape index (κ3) is 3.25. The number of likely N-dealkylation sites (tertiary alicyclic amines) is 1. The maximum absolute atomic E-state index is 13.6. The van der Waals surface area contributed by atoms with Crippen LogP contribution in [0.3, 0.4) is 0 Å². The van der Waals surface area contributed by atoms with Crippen LogP contribution < -0.4 is 0 Å². The van der Waals surface area contributed by atoms with Crippen molar-refractivity contribution in [3.8, 4) is 11.5 Å². The fourth-order valence-electron chi connectivity index (χ4n) is 2.83. The summed E-state index contributed by atoms with van der Waals surface area (Å²) in [6, 6.07) is 11.9. The summed E-state index contributed by atoms with van der Waals surface area (Å²) in [4.78, 5) is 14.1. The van der Waals surface area contributed by atoms with Crippen molar-refractivity contribution >= 4 is 5.91 Å². The summed E-state index contributed by atoms with van der Waals surface area (Å²) >= 11 is 0. The van der Waals surface area contributed by atoms with Crippen LogP contribution in [-0.2, 0) is 11.3 Å². The fraction of sp³-hybridized carbons (Fsp3) is 0.263. The molecule has 0 bridgehead atoms. The number of benzene rings is 1. The molecule has 0 aliphatic carbocycles. The van der Waals surface area contributed by atoms with Crippen LogP contribution in [0.4, 0.5) is 4.39 Å². The van der Waals surface area contributed by atoms with Gasteiger partial charge in [-0.25, -0.2) is 4.39 Å². The van der Waals surface area contributed by atoms with Gasteiger partial charge in [-0.05, 0) is 25.1 Å². The molecule has 4 rings (SSSR count). The molecule has 0 unspecified atom stereocenters. The van der Waals surface area contributed by atoms with Gasteiger partial charge in [-0.3, -0.25) is 9.89 Å². The minimum Gasteiger partial charge on any atom is -0.460 e. The molecule has 3 heterocycles. The number of hydrogen-bond acceptors (Lipinski definition) is 4. The zero-order chi connectivity index (χ0) is 18.1. The highest BCUT2D eigenvalue weighted by molar-refractivity contribution is 5.93. The molecule has 6 nitrogen and oxygen atoms in total. The fourth-order valence-corrected chi connectivity index (χ4v) is 2.83. The van der Waals surface area contributed by atoms with E-state index in [0.29, 0.717) is 35.8 Å². The molecular formula is C19H18FN3O3. The first-order valence-electron chi connectivity index (χ1n) is 8.36. The molecule has 1 N–H and O–H groups in total. The Bertz CT molecular complexity index is 928. The van der Waals surface area contributed by atoms with Gasteiger partial charge >= 0.3 is 0 Å².